The third-order valence-electron chi connectivity index (χ3n) is 4.34. The molecule has 0 aromatic rings. The first-order chi connectivity index (χ1) is 9.11. The van der Waals surface area contributed by atoms with Crippen molar-refractivity contribution in [2.24, 2.45) is 5.92 Å². The zero-order valence-corrected chi connectivity index (χ0v) is 12.8. The topological polar surface area (TPSA) is 47.6 Å². The standard InChI is InChI=1S/C15H29NO3/c1-5-12(6-2)11-19-13-8-9-15(10-13,16-4)14(17)18-7-3/h12-13,16H,5-11H2,1-4H3. The molecule has 1 aliphatic rings. The molecule has 19 heavy (non-hydrogen) atoms. The first-order valence-electron chi connectivity index (χ1n) is 7.59. The molecule has 0 radical (unpaired) electrons. The van der Waals surface area contributed by atoms with E-state index in [9.17, 15) is 4.79 Å². The van der Waals surface area contributed by atoms with E-state index >= 15 is 0 Å². The summed E-state index contributed by atoms with van der Waals surface area (Å²) in [5, 5.41) is 3.15. The molecule has 1 rings (SSSR count). The highest BCUT2D eigenvalue weighted by Crippen LogP contribution is 2.33. The third kappa shape index (κ3) is 4.18. The second-order valence-electron chi connectivity index (χ2n) is 5.43. The maximum Gasteiger partial charge on any atom is 0.326 e. The molecule has 1 aliphatic carbocycles. The molecule has 2 unspecified atom stereocenters. The van der Waals surface area contributed by atoms with Crippen molar-refractivity contribution in [3.8, 4) is 0 Å². The van der Waals surface area contributed by atoms with Gasteiger partial charge in [0.15, 0.2) is 0 Å². The summed E-state index contributed by atoms with van der Waals surface area (Å²) in [4.78, 5) is 12.1. The minimum atomic E-state index is -0.533. The molecule has 1 saturated carbocycles. The summed E-state index contributed by atoms with van der Waals surface area (Å²) in [6.45, 7) is 7.48. The first kappa shape index (κ1) is 16.4. The van der Waals surface area contributed by atoms with Crippen LogP contribution in [0.5, 0.6) is 0 Å². The molecule has 4 heteroatoms. The number of nitrogens with one attached hydrogen (secondary N) is 1. The van der Waals surface area contributed by atoms with Gasteiger partial charge >= 0.3 is 5.97 Å². The van der Waals surface area contributed by atoms with E-state index in [4.69, 9.17) is 9.47 Å². The van der Waals surface area contributed by atoms with Crippen molar-refractivity contribution in [1.29, 1.82) is 0 Å². The van der Waals surface area contributed by atoms with Crippen LogP contribution >= 0.6 is 0 Å². The number of carbonyl (C=O) groups excluding carboxylic acids is 1. The smallest absolute Gasteiger partial charge is 0.326 e. The van der Waals surface area contributed by atoms with Gasteiger partial charge in [0.05, 0.1) is 12.7 Å². The van der Waals surface area contributed by atoms with Gasteiger partial charge in [0.2, 0.25) is 0 Å². The Hall–Kier alpha value is -0.610. The monoisotopic (exact) mass is 271 g/mol. The molecule has 1 N–H and O–H groups in total. The molecular formula is C15H29NO3. The van der Waals surface area contributed by atoms with Crippen molar-refractivity contribution in [2.45, 2.75) is 64.5 Å². The van der Waals surface area contributed by atoms with Crippen molar-refractivity contribution in [2.75, 3.05) is 20.3 Å². The first-order valence-corrected chi connectivity index (χ1v) is 7.59. The molecule has 112 valence electrons. The predicted molar refractivity (Wildman–Crippen MR) is 76.1 cm³/mol. The van der Waals surface area contributed by atoms with E-state index in [2.05, 4.69) is 19.2 Å². The minimum absolute atomic E-state index is 0.133. The van der Waals surface area contributed by atoms with E-state index in [-0.39, 0.29) is 12.1 Å². The summed E-state index contributed by atoms with van der Waals surface area (Å²) < 4.78 is 11.2. The zero-order valence-electron chi connectivity index (χ0n) is 12.8. The van der Waals surface area contributed by atoms with E-state index in [0.29, 0.717) is 12.5 Å². The van der Waals surface area contributed by atoms with E-state index in [0.717, 1.165) is 38.7 Å². The summed E-state index contributed by atoms with van der Waals surface area (Å²) in [5.41, 5.74) is -0.533. The van der Waals surface area contributed by atoms with Crippen LogP contribution in [-0.2, 0) is 14.3 Å². The van der Waals surface area contributed by atoms with Crippen LogP contribution in [0.3, 0.4) is 0 Å². The number of carbonyl (C=O) groups is 1. The number of ether oxygens (including phenoxy) is 2. The second-order valence-corrected chi connectivity index (χ2v) is 5.43. The number of hydrogen-bond acceptors (Lipinski definition) is 4. The van der Waals surface area contributed by atoms with Crippen molar-refractivity contribution < 1.29 is 14.3 Å². The van der Waals surface area contributed by atoms with E-state index in [1.54, 1.807) is 0 Å². The Morgan fingerprint density at radius 3 is 2.58 bits per heavy atom. The molecule has 0 saturated heterocycles. The molecule has 0 amide bonds. The summed E-state index contributed by atoms with van der Waals surface area (Å²) >= 11 is 0. The van der Waals surface area contributed by atoms with E-state index < -0.39 is 5.54 Å². The van der Waals surface area contributed by atoms with Crippen LogP contribution in [0.15, 0.2) is 0 Å². The molecule has 0 spiro atoms. The summed E-state index contributed by atoms with van der Waals surface area (Å²) in [6, 6.07) is 0. The highest BCUT2D eigenvalue weighted by Gasteiger charge is 2.45. The lowest BCUT2D eigenvalue weighted by molar-refractivity contribution is -0.151. The highest BCUT2D eigenvalue weighted by atomic mass is 16.5. The Labute approximate surface area is 117 Å². The Morgan fingerprint density at radius 2 is 2.05 bits per heavy atom. The van der Waals surface area contributed by atoms with Crippen LogP contribution in [0.25, 0.3) is 0 Å². The normalized spacial score (nSPS) is 26.9. The molecule has 0 bridgehead atoms. The van der Waals surface area contributed by atoms with Gasteiger partial charge in [-0.1, -0.05) is 26.7 Å². The van der Waals surface area contributed by atoms with Gasteiger partial charge in [0.25, 0.3) is 0 Å². The third-order valence-corrected chi connectivity index (χ3v) is 4.34. The molecule has 0 aromatic carbocycles. The Kier molecular flexibility index (Phi) is 6.80. The van der Waals surface area contributed by atoms with Gasteiger partial charge in [-0.15, -0.1) is 0 Å². The summed E-state index contributed by atoms with van der Waals surface area (Å²) in [5.74, 6) is 0.498. The zero-order chi connectivity index (χ0) is 14.3. The fourth-order valence-corrected chi connectivity index (χ4v) is 2.72. The fraction of sp³-hybridized carbons (Fsp3) is 0.933. The van der Waals surface area contributed by atoms with Gasteiger partial charge in [-0.2, -0.15) is 0 Å². The van der Waals surface area contributed by atoms with Crippen LogP contribution in [0, 0.1) is 5.92 Å². The Balaban J connectivity index is 2.48. The summed E-state index contributed by atoms with van der Waals surface area (Å²) in [7, 11) is 1.83. The molecule has 1 fully saturated rings. The predicted octanol–water partition coefficient (Wildman–Crippen LogP) is 2.51. The van der Waals surface area contributed by atoms with Gasteiger partial charge < -0.3 is 14.8 Å². The maximum atomic E-state index is 12.1. The highest BCUT2D eigenvalue weighted by molar-refractivity contribution is 5.81. The lowest BCUT2D eigenvalue weighted by Crippen LogP contribution is -2.49. The SMILES string of the molecule is CCOC(=O)C1(NC)CCC(OCC(CC)CC)C1. The average molecular weight is 271 g/mol. The average Bonchev–Trinajstić information content (AvgIpc) is 2.85. The molecule has 0 aliphatic heterocycles. The molecule has 0 heterocycles. The van der Waals surface area contributed by atoms with Crippen LogP contribution < -0.4 is 5.32 Å². The number of rotatable bonds is 8. The molecule has 2 atom stereocenters. The van der Waals surface area contributed by atoms with E-state index in [1.165, 1.54) is 0 Å². The lowest BCUT2D eigenvalue weighted by Gasteiger charge is -2.26. The molecular weight excluding hydrogens is 242 g/mol. The largest absolute Gasteiger partial charge is 0.465 e. The van der Waals surface area contributed by atoms with Crippen molar-refractivity contribution in [3.63, 3.8) is 0 Å². The van der Waals surface area contributed by atoms with Crippen LogP contribution in [-0.4, -0.2) is 37.9 Å². The molecule has 4 nitrogen and oxygen atoms in total. The van der Waals surface area contributed by atoms with Crippen LogP contribution in [0.4, 0.5) is 0 Å². The Morgan fingerprint density at radius 1 is 1.37 bits per heavy atom. The van der Waals surface area contributed by atoms with Gasteiger partial charge in [-0.3, -0.25) is 4.79 Å². The van der Waals surface area contributed by atoms with Crippen LogP contribution in [0.1, 0.15) is 52.9 Å². The quantitative estimate of drug-likeness (QED) is 0.689. The van der Waals surface area contributed by atoms with Gasteiger partial charge in [-0.05, 0) is 32.7 Å². The van der Waals surface area contributed by atoms with Crippen LogP contribution in [0.2, 0.25) is 0 Å². The van der Waals surface area contributed by atoms with Crippen molar-refractivity contribution >= 4 is 5.97 Å². The summed E-state index contributed by atoms with van der Waals surface area (Å²) in [6.07, 6.45) is 4.94. The van der Waals surface area contributed by atoms with E-state index in [1.807, 2.05) is 14.0 Å². The van der Waals surface area contributed by atoms with Crippen molar-refractivity contribution in [3.05, 3.63) is 0 Å². The van der Waals surface area contributed by atoms with Gasteiger partial charge in [-0.25, -0.2) is 0 Å². The molecule has 0 aromatic heterocycles. The Bertz CT molecular complexity index is 279. The number of likely N-dealkylation sites (N-methyl/N-ethyl adjacent to an activating group) is 1. The van der Waals surface area contributed by atoms with Gasteiger partial charge in [0, 0.05) is 13.0 Å². The second kappa shape index (κ2) is 7.85. The van der Waals surface area contributed by atoms with Gasteiger partial charge in [0.1, 0.15) is 5.54 Å². The number of hydrogen-bond donors (Lipinski definition) is 1. The van der Waals surface area contributed by atoms with Crippen molar-refractivity contribution in [1.82, 2.24) is 5.32 Å². The fourth-order valence-electron chi connectivity index (χ4n) is 2.72. The minimum Gasteiger partial charge on any atom is -0.465 e. The number of esters is 1. The maximum absolute atomic E-state index is 12.1. The lowest BCUT2D eigenvalue weighted by atomic mass is 9.98.